The van der Waals surface area contributed by atoms with Crippen molar-refractivity contribution in [3.05, 3.63) is 11.4 Å². The SMILES string of the molecule is CCC(Nc1c(C)nn(C(C)C)c1C)C(=O)O. The molecule has 96 valence electrons. The summed E-state index contributed by atoms with van der Waals surface area (Å²) in [7, 11) is 0. The van der Waals surface area contributed by atoms with Crippen LogP contribution in [0.4, 0.5) is 5.69 Å². The van der Waals surface area contributed by atoms with Crippen molar-refractivity contribution in [2.45, 2.75) is 53.1 Å². The summed E-state index contributed by atoms with van der Waals surface area (Å²) in [5, 5.41) is 16.5. The second-order valence-electron chi connectivity index (χ2n) is 4.53. The number of carbonyl (C=O) groups is 1. The van der Waals surface area contributed by atoms with E-state index in [1.807, 2.05) is 25.5 Å². The third-order valence-electron chi connectivity index (χ3n) is 2.84. The Balaban J connectivity index is 3.02. The lowest BCUT2D eigenvalue weighted by atomic mass is 10.2. The number of aromatic nitrogens is 2. The zero-order valence-electron chi connectivity index (χ0n) is 11.1. The Hall–Kier alpha value is -1.52. The van der Waals surface area contributed by atoms with Crippen molar-refractivity contribution >= 4 is 11.7 Å². The zero-order chi connectivity index (χ0) is 13.2. The Kier molecular flexibility index (Phi) is 4.15. The number of carboxylic acid groups (broad SMARTS) is 1. The molecule has 0 aliphatic carbocycles. The van der Waals surface area contributed by atoms with Gasteiger partial charge < -0.3 is 10.4 Å². The maximum atomic E-state index is 11.0. The first-order valence-corrected chi connectivity index (χ1v) is 5.93. The maximum absolute atomic E-state index is 11.0. The van der Waals surface area contributed by atoms with E-state index >= 15 is 0 Å². The fourth-order valence-corrected chi connectivity index (χ4v) is 1.89. The highest BCUT2D eigenvalue weighted by atomic mass is 16.4. The number of carboxylic acids is 1. The first kappa shape index (κ1) is 13.5. The third-order valence-corrected chi connectivity index (χ3v) is 2.84. The summed E-state index contributed by atoms with van der Waals surface area (Å²) in [6.45, 7) is 9.80. The second kappa shape index (κ2) is 5.21. The summed E-state index contributed by atoms with van der Waals surface area (Å²) >= 11 is 0. The van der Waals surface area contributed by atoms with E-state index in [4.69, 9.17) is 5.11 Å². The smallest absolute Gasteiger partial charge is 0.326 e. The van der Waals surface area contributed by atoms with E-state index in [1.54, 1.807) is 0 Å². The quantitative estimate of drug-likeness (QED) is 0.827. The fourth-order valence-electron chi connectivity index (χ4n) is 1.89. The molecule has 1 atom stereocenters. The van der Waals surface area contributed by atoms with Gasteiger partial charge in [0.2, 0.25) is 0 Å². The molecule has 1 rings (SSSR count). The Labute approximate surface area is 102 Å². The topological polar surface area (TPSA) is 67.2 Å². The third kappa shape index (κ3) is 2.78. The first-order valence-electron chi connectivity index (χ1n) is 5.93. The molecule has 0 aliphatic rings. The highest BCUT2D eigenvalue weighted by Crippen LogP contribution is 2.23. The molecular formula is C12H21N3O2. The van der Waals surface area contributed by atoms with Crippen LogP contribution >= 0.6 is 0 Å². The van der Waals surface area contributed by atoms with Crippen LogP contribution < -0.4 is 5.32 Å². The number of hydrogen-bond acceptors (Lipinski definition) is 3. The van der Waals surface area contributed by atoms with E-state index in [0.29, 0.717) is 6.42 Å². The van der Waals surface area contributed by atoms with Gasteiger partial charge in [0.15, 0.2) is 0 Å². The van der Waals surface area contributed by atoms with Gasteiger partial charge >= 0.3 is 5.97 Å². The van der Waals surface area contributed by atoms with Crippen LogP contribution in [0.2, 0.25) is 0 Å². The van der Waals surface area contributed by atoms with Crippen molar-refractivity contribution in [3.63, 3.8) is 0 Å². The molecule has 0 radical (unpaired) electrons. The predicted molar refractivity (Wildman–Crippen MR) is 67.4 cm³/mol. The molecule has 5 heteroatoms. The molecule has 0 saturated heterocycles. The van der Waals surface area contributed by atoms with Gasteiger partial charge in [-0.25, -0.2) is 4.79 Å². The maximum Gasteiger partial charge on any atom is 0.326 e. The summed E-state index contributed by atoms with van der Waals surface area (Å²) in [5.74, 6) is -0.830. The molecule has 0 amide bonds. The lowest BCUT2D eigenvalue weighted by Crippen LogP contribution is -2.28. The number of aliphatic carboxylic acids is 1. The lowest BCUT2D eigenvalue weighted by molar-refractivity contribution is -0.137. The van der Waals surface area contributed by atoms with Crippen molar-refractivity contribution in [3.8, 4) is 0 Å². The van der Waals surface area contributed by atoms with Gasteiger partial charge in [0, 0.05) is 6.04 Å². The van der Waals surface area contributed by atoms with Gasteiger partial charge in [-0.15, -0.1) is 0 Å². The lowest BCUT2D eigenvalue weighted by Gasteiger charge is -2.14. The van der Waals surface area contributed by atoms with Gasteiger partial charge in [0.1, 0.15) is 6.04 Å². The zero-order valence-corrected chi connectivity index (χ0v) is 11.1. The van der Waals surface area contributed by atoms with Crippen LogP contribution in [-0.4, -0.2) is 26.9 Å². The summed E-state index contributed by atoms with van der Waals surface area (Å²) < 4.78 is 1.91. The van der Waals surface area contributed by atoms with E-state index in [0.717, 1.165) is 17.1 Å². The fraction of sp³-hybridized carbons (Fsp3) is 0.667. The highest BCUT2D eigenvalue weighted by molar-refractivity contribution is 5.77. The first-order chi connectivity index (χ1) is 7.88. The molecule has 0 aliphatic heterocycles. The Morgan fingerprint density at radius 1 is 1.47 bits per heavy atom. The molecule has 0 fully saturated rings. The molecule has 5 nitrogen and oxygen atoms in total. The summed E-state index contributed by atoms with van der Waals surface area (Å²) in [4.78, 5) is 11.0. The number of nitrogens with zero attached hydrogens (tertiary/aromatic N) is 2. The van der Waals surface area contributed by atoms with Crippen molar-refractivity contribution in [2.24, 2.45) is 0 Å². The normalized spacial score (nSPS) is 12.8. The molecule has 0 aromatic carbocycles. The summed E-state index contributed by atoms with van der Waals surface area (Å²) in [5.41, 5.74) is 2.67. The van der Waals surface area contributed by atoms with Gasteiger partial charge in [-0.05, 0) is 34.1 Å². The van der Waals surface area contributed by atoms with Crippen molar-refractivity contribution in [1.82, 2.24) is 9.78 Å². The van der Waals surface area contributed by atoms with Gasteiger partial charge in [-0.2, -0.15) is 5.10 Å². The van der Waals surface area contributed by atoms with Gasteiger partial charge in [-0.1, -0.05) is 6.92 Å². The van der Waals surface area contributed by atoms with Crippen LogP contribution in [0.1, 0.15) is 44.6 Å². The Bertz CT molecular complexity index is 410. The molecule has 17 heavy (non-hydrogen) atoms. The average Bonchev–Trinajstić information content (AvgIpc) is 2.51. The van der Waals surface area contributed by atoms with Gasteiger partial charge in [-0.3, -0.25) is 4.68 Å². The van der Waals surface area contributed by atoms with Gasteiger partial charge in [0.25, 0.3) is 0 Å². The summed E-state index contributed by atoms with van der Waals surface area (Å²) in [6, 6.07) is -0.286. The standard InChI is InChI=1S/C12H21N3O2/c1-6-10(12(16)17)13-11-8(4)14-15(7(2)3)9(11)5/h7,10,13H,6H2,1-5H3,(H,16,17). The van der Waals surface area contributed by atoms with Crippen molar-refractivity contribution in [2.75, 3.05) is 5.32 Å². The molecule has 1 aromatic rings. The van der Waals surface area contributed by atoms with Crippen LogP contribution in [0.25, 0.3) is 0 Å². The van der Waals surface area contributed by atoms with Crippen LogP contribution in [0.15, 0.2) is 0 Å². The molecule has 1 heterocycles. The number of nitrogens with one attached hydrogen (secondary N) is 1. The average molecular weight is 239 g/mol. The van der Waals surface area contributed by atoms with E-state index < -0.39 is 12.0 Å². The van der Waals surface area contributed by atoms with E-state index in [1.165, 1.54) is 0 Å². The van der Waals surface area contributed by atoms with Crippen LogP contribution in [0, 0.1) is 13.8 Å². The molecule has 0 saturated carbocycles. The molecule has 2 N–H and O–H groups in total. The highest BCUT2D eigenvalue weighted by Gasteiger charge is 2.20. The summed E-state index contributed by atoms with van der Waals surface area (Å²) in [6.07, 6.45) is 0.543. The molecule has 1 unspecified atom stereocenters. The van der Waals surface area contributed by atoms with Crippen LogP contribution in [-0.2, 0) is 4.79 Å². The monoisotopic (exact) mass is 239 g/mol. The van der Waals surface area contributed by atoms with Crippen molar-refractivity contribution in [1.29, 1.82) is 0 Å². The predicted octanol–water partition coefficient (Wildman–Crippen LogP) is 2.36. The molecule has 0 bridgehead atoms. The largest absolute Gasteiger partial charge is 0.480 e. The Morgan fingerprint density at radius 2 is 2.06 bits per heavy atom. The van der Waals surface area contributed by atoms with E-state index in [9.17, 15) is 4.79 Å². The minimum atomic E-state index is -0.830. The van der Waals surface area contributed by atoms with E-state index in [2.05, 4.69) is 24.3 Å². The molecule has 1 aromatic heterocycles. The number of anilines is 1. The number of hydrogen-bond donors (Lipinski definition) is 2. The number of rotatable bonds is 5. The molecular weight excluding hydrogens is 218 g/mol. The number of aryl methyl sites for hydroxylation is 1. The minimum absolute atomic E-state index is 0.272. The second-order valence-corrected chi connectivity index (χ2v) is 4.53. The van der Waals surface area contributed by atoms with Crippen LogP contribution in [0.5, 0.6) is 0 Å². The van der Waals surface area contributed by atoms with E-state index in [-0.39, 0.29) is 6.04 Å². The minimum Gasteiger partial charge on any atom is -0.480 e. The molecule has 0 spiro atoms. The Morgan fingerprint density at radius 3 is 2.41 bits per heavy atom. The van der Waals surface area contributed by atoms with Crippen molar-refractivity contribution < 1.29 is 9.90 Å². The van der Waals surface area contributed by atoms with Gasteiger partial charge in [0.05, 0.1) is 17.1 Å². The van der Waals surface area contributed by atoms with Crippen LogP contribution in [0.3, 0.4) is 0 Å².